The second-order valence-electron chi connectivity index (χ2n) is 6.55. The van der Waals surface area contributed by atoms with Crippen LogP contribution in [0.4, 0.5) is 0 Å². The Morgan fingerprint density at radius 1 is 1.47 bits per heavy atom. The van der Waals surface area contributed by atoms with E-state index in [2.05, 4.69) is 38.0 Å². The van der Waals surface area contributed by atoms with Gasteiger partial charge in [-0.2, -0.15) is 0 Å². The minimum absolute atomic E-state index is 0.179. The predicted molar refractivity (Wildman–Crippen MR) is 79.9 cm³/mol. The molecule has 1 saturated heterocycles. The molecule has 1 fully saturated rings. The van der Waals surface area contributed by atoms with Gasteiger partial charge >= 0.3 is 0 Å². The maximum Gasteiger partial charge on any atom is 0.220 e. The van der Waals surface area contributed by atoms with Crippen LogP contribution in [-0.4, -0.2) is 43.0 Å². The summed E-state index contributed by atoms with van der Waals surface area (Å²) in [6, 6.07) is 0.899. The van der Waals surface area contributed by atoms with Crippen molar-refractivity contribution >= 4 is 5.91 Å². The SMILES string of the molecule is CC(C)CC(CN)CC(=O)NC1CCN(C)C(C)C1. The lowest BCUT2D eigenvalue weighted by Crippen LogP contribution is -2.47. The molecule has 0 aromatic heterocycles. The molecular weight excluding hydrogens is 238 g/mol. The van der Waals surface area contributed by atoms with Crippen molar-refractivity contribution in [2.75, 3.05) is 20.1 Å². The van der Waals surface area contributed by atoms with E-state index in [4.69, 9.17) is 5.73 Å². The summed E-state index contributed by atoms with van der Waals surface area (Å²) < 4.78 is 0. The topological polar surface area (TPSA) is 58.4 Å². The molecule has 0 saturated carbocycles. The lowest BCUT2D eigenvalue weighted by molar-refractivity contribution is -0.123. The first-order valence-corrected chi connectivity index (χ1v) is 7.62. The molecule has 0 bridgehead atoms. The molecule has 1 aliphatic heterocycles. The average Bonchev–Trinajstić information content (AvgIpc) is 2.32. The van der Waals surface area contributed by atoms with E-state index < -0.39 is 0 Å². The van der Waals surface area contributed by atoms with Crippen LogP contribution in [0, 0.1) is 11.8 Å². The number of amides is 1. The van der Waals surface area contributed by atoms with Gasteiger partial charge in [-0.05, 0) is 51.6 Å². The van der Waals surface area contributed by atoms with Gasteiger partial charge in [0.25, 0.3) is 0 Å². The maximum atomic E-state index is 12.1. The van der Waals surface area contributed by atoms with Gasteiger partial charge in [-0.1, -0.05) is 13.8 Å². The molecule has 112 valence electrons. The largest absolute Gasteiger partial charge is 0.353 e. The van der Waals surface area contributed by atoms with Crippen molar-refractivity contribution in [1.29, 1.82) is 0 Å². The molecule has 1 heterocycles. The number of rotatable bonds is 6. The van der Waals surface area contributed by atoms with Crippen molar-refractivity contribution in [1.82, 2.24) is 10.2 Å². The molecule has 0 radical (unpaired) electrons. The number of piperidine rings is 1. The van der Waals surface area contributed by atoms with Crippen LogP contribution in [0.3, 0.4) is 0 Å². The van der Waals surface area contributed by atoms with E-state index >= 15 is 0 Å². The van der Waals surface area contributed by atoms with Crippen LogP contribution in [0.1, 0.15) is 46.5 Å². The Kier molecular flexibility index (Phi) is 6.80. The van der Waals surface area contributed by atoms with Crippen LogP contribution in [0.5, 0.6) is 0 Å². The van der Waals surface area contributed by atoms with Gasteiger partial charge in [-0.15, -0.1) is 0 Å². The third-order valence-corrected chi connectivity index (χ3v) is 4.19. The number of carbonyl (C=O) groups is 1. The molecule has 0 aromatic carbocycles. The monoisotopic (exact) mass is 269 g/mol. The highest BCUT2D eigenvalue weighted by Crippen LogP contribution is 2.17. The Labute approximate surface area is 118 Å². The van der Waals surface area contributed by atoms with E-state index in [1.807, 2.05) is 0 Å². The molecular formula is C15H31N3O. The molecule has 3 atom stereocenters. The zero-order chi connectivity index (χ0) is 14.4. The van der Waals surface area contributed by atoms with E-state index in [9.17, 15) is 4.79 Å². The van der Waals surface area contributed by atoms with Gasteiger partial charge in [-0.3, -0.25) is 4.79 Å². The van der Waals surface area contributed by atoms with Gasteiger partial charge in [0.15, 0.2) is 0 Å². The number of carbonyl (C=O) groups excluding carboxylic acids is 1. The number of nitrogens with zero attached hydrogens (tertiary/aromatic N) is 1. The summed E-state index contributed by atoms with van der Waals surface area (Å²) >= 11 is 0. The first-order valence-electron chi connectivity index (χ1n) is 7.62. The fourth-order valence-electron chi connectivity index (χ4n) is 2.90. The van der Waals surface area contributed by atoms with Crippen molar-refractivity contribution in [3.63, 3.8) is 0 Å². The smallest absolute Gasteiger partial charge is 0.220 e. The van der Waals surface area contributed by atoms with E-state index in [0.29, 0.717) is 36.9 Å². The van der Waals surface area contributed by atoms with Crippen molar-refractivity contribution < 1.29 is 4.79 Å². The fraction of sp³-hybridized carbons (Fsp3) is 0.933. The summed E-state index contributed by atoms with van der Waals surface area (Å²) in [5, 5.41) is 3.19. The number of likely N-dealkylation sites (tertiary alicyclic amines) is 1. The normalized spacial score (nSPS) is 26.4. The van der Waals surface area contributed by atoms with Crippen LogP contribution in [0.15, 0.2) is 0 Å². The Morgan fingerprint density at radius 2 is 2.16 bits per heavy atom. The number of hydrogen-bond donors (Lipinski definition) is 2. The van der Waals surface area contributed by atoms with E-state index in [1.165, 1.54) is 0 Å². The van der Waals surface area contributed by atoms with Gasteiger partial charge in [0.1, 0.15) is 0 Å². The summed E-state index contributed by atoms with van der Waals surface area (Å²) in [7, 11) is 2.15. The first-order chi connectivity index (χ1) is 8.92. The number of nitrogens with two attached hydrogens (primary N) is 1. The summed E-state index contributed by atoms with van der Waals surface area (Å²) in [5.41, 5.74) is 5.76. The molecule has 4 nitrogen and oxygen atoms in total. The van der Waals surface area contributed by atoms with Crippen LogP contribution < -0.4 is 11.1 Å². The standard InChI is InChI=1S/C15H31N3O/c1-11(2)7-13(10-16)9-15(19)17-14-5-6-18(4)12(3)8-14/h11-14H,5-10,16H2,1-4H3,(H,17,19). The molecule has 1 rings (SSSR count). The molecule has 3 N–H and O–H groups in total. The molecule has 1 aliphatic rings. The fourth-order valence-corrected chi connectivity index (χ4v) is 2.90. The maximum absolute atomic E-state index is 12.1. The average molecular weight is 269 g/mol. The number of hydrogen-bond acceptors (Lipinski definition) is 3. The third kappa shape index (κ3) is 5.91. The lowest BCUT2D eigenvalue weighted by atomic mass is 9.93. The quantitative estimate of drug-likeness (QED) is 0.770. The lowest BCUT2D eigenvalue weighted by Gasteiger charge is -2.35. The van der Waals surface area contributed by atoms with Crippen molar-refractivity contribution in [3.8, 4) is 0 Å². The van der Waals surface area contributed by atoms with Gasteiger partial charge in [0.2, 0.25) is 5.91 Å². The molecule has 4 heteroatoms. The summed E-state index contributed by atoms with van der Waals surface area (Å²) in [4.78, 5) is 14.4. The minimum Gasteiger partial charge on any atom is -0.353 e. The zero-order valence-electron chi connectivity index (χ0n) is 13.0. The highest BCUT2D eigenvalue weighted by molar-refractivity contribution is 5.76. The van der Waals surface area contributed by atoms with Gasteiger partial charge in [0, 0.05) is 25.0 Å². The second-order valence-corrected chi connectivity index (χ2v) is 6.55. The zero-order valence-corrected chi connectivity index (χ0v) is 13.0. The van der Waals surface area contributed by atoms with Crippen LogP contribution in [-0.2, 0) is 4.79 Å². The first kappa shape index (κ1) is 16.4. The highest BCUT2D eigenvalue weighted by atomic mass is 16.1. The Morgan fingerprint density at radius 3 is 2.68 bits per heavy atom. The van der Waals surface area contributed by atoms with Crippen molar-refractivity contribution in [2.24, 2.45) is 17.6 Å². The summed E-state index contributed by atoms with van der Waals surface area (Å²) in [6.07, 6.45) is 3.73. The molecule has 0 aromatic rings. The van der Waals surface area contributed by atoms with Crippen molar-refractivity contribution in [3.05, 3.63) is 0 Å². The Bertz CT molecular complexity index is 281. The highest BCUT2D eigenvalue weighted by Gasteiger charge is 2.24. The molecule has 0 aliphatic carbocycles. The summed E-state index contributed by atoms with van der Waals surface area (Å²) in [5.74, 6) is 1.10. The number of nitrogens with one attached hydrogen (secondary N) is 1. The van der Waals surface area contributed by atoms with E-state index in [0.717, 1.165) is 25.8 Å². The van der Waals surface area contributed by atoms with E-state index in [-0.39, 0.29) is 5.91 Å². The van der Waals surface area contributed by atoms with Gasteiger partial charge in [-0.25, -0.2) is 0 Å². The van der Waals surface area contributed by atoms with Crippen molar-refractivity contribution in [2.45, 2.75) is 58.5 Å². The predicted octanol–water partition coefficient (Wildman–Crippen LogP) is 1.60. The summed E-state index contributed by atoms with van der Waals surface area (Å²) in [6.45, 7) is 8.26. The van der Waals surface area contributed by atoms with E-state index in [1.54, 1.807) is 0 Å². The molecule has 19 heavy (non-hydrogen) atoms. The molecule has 3 unspecified atom stereocenters. The van der Waals surface area contributed by atoms with Gasteiger partial charge in [0.05, 0.1) is 0 Å². The Hall–Kier alpha value is -0.610. The Balaban J connectivity index is 2.34. The molecule has 1 amide bonds. The van der Waals surface area contributed by atoms with Gasteiger partial charge < -0.3 is 16.0 Å². The third-order valence-electron chi connectivity index (χ3n) is 4.19. The molecule has 0 spiro atoms. The minimum atomic E-state index is 0.179. The van der Waals surface area contributed by atoms with Crippen LogP contribution in [0.2, 0.25) is 0 Å². The van der Waals surface area contributed by atoms with Crippen LogP contribution >= 0.6 is 0 Å². The second kappa shape index (κ2) is 7.85. The van der Waals surface area contributed by atoms with Crippen LogP contribution in [0.25, 0.3) is 0 Å².